The molecule has 0 saturated heterocycles. The Balaban J connectivity index is 1.88. The van der Waals surface area contributed by atoms with Gasteiger partial charge in [0.15, 0.2) is 9.84 Å². The molecule has 112 valence electrons. The molecule has 2 aromatic carbocycles. The van der Waals surface area contributed by atoms with Crippen LogP contribution in [0.25, 0.3) is 10.6 Å². The third-order valence-electron chi connectivity index (χ3n) is 2.99. The summed E-state index contributed by atoms with van der Waals surface area (Å²) >= 11 is 7.35. The lowest BCUT2D eigenvalue weighted by atomic mass is 10.2. The maximum absolute atomic E-state index is 12.3. The Kier molecular flexibility index (Phi) is 4.24. The molecule has 0 N–H and O–H groups in total. The minimum Gasteiger partial charge on any atom is -0.223 e. The van der Waals surface area contributed by atoms with E-state index in [4.69, 9.17) is 11.6 Å². The van der Waals surface area contributed by atoms with Crippen molar-refractivity contribution in [1.29, 1.82) is 0 Å². The summed E-state index contributed by atoms with van der Waals surface area (Å²) in [4.78, 5) is 0.282. The fourth-order valence-corrected chi connectivity index (χ4v) is 4.71. The van der Waals surface area contributed by atoms with Crippen LogP contribution < -0.4 is 0 Å². The van der Waals surface area contributed by atoms with Crippen LogP contribution >= 0.6 is 22.9 Å². The summed E-state index contributed by atoms with van der Waals surface area (Å²) in [5.41, 5.74) is 0.755. The van der Waals surface area contributed by atoms with Crippen molar-refractivity contribution in [2.24, 2.45) is 0 Å². The minimum absolute atomic E-state index is 0.168. The van der Waals surface area contributed by atoms with Gasteiger partial charge in [-0.1, -0.05) is 59.3 Å². The Bertz CT molecular complexity index is 893. The van der Waals surface area contributed by atoms with E-state index in [0.717, 1.165) is 5.56 Å². The van der Waals surface area contributed by atoms with Gasteiger partial charge in [-0.15, -0.1) is 10.2 Å². The van der Waals surface area contributed by atoms with Crippen LogP contribution in [-0.4, -0.2) is 18.6 Å². The van der Waals surface area contributed by atoms with E-state index in [-0.39, 0.29) is 10.6 Å². The van der Waals surface area contributed by atoms with Crippen molar-refractivity contribution >= 4 is 32.8 Å². The lowest BCUT2D eigenvalue weighted by Gasteiger charge is -2.01. The number of hydrogen-bond acceptors (Lipinski definition) is 5. The van der Waals surface area contributed by atoms with Crippen molar-refractivity contribution in [3.63, 3.8) is 0 Å². The number of nitrogens with zero attached hydrogens (tertiary/aromatic N) is 2. The second-order valence-electron chi connectivity index (χ2n) is 4.55. The highest BCUT2D eigenvalue weighted by Gasteiger charge is 2.19. The third-order valence-corrected chi connectivity index (χ3v) is 6.10. The van der Waals surface area contributed by atoms with Gasteiger partial charge in [-0.05, 0) is 18.2 Å². The topological polar surface area (TPSA) is 59.9 Å². The predicted octanol–water partition coefficient (Wildman–Crippen LogP) is 3.83. The summed E-state index contributed by atoms with van der Waals surface area (Å²) in [6.07, 6.45) is 0. The highest BCUT2D eigenvalue weighted by molar-refractivity contribution is 7.90. The van der Waals surface area contributed by atoms with E-state index in [0.29, 0.717) is 15.0 Å². The van der Waals surface area contributed by atoms with Crippen molar-refractivity contribution in [3.8, 4) is 10.6 Å². The molecule has 7 heteroatoms. The average Bonchev–Trinajstić information content (AvgIpc) is 2.96. The highest BCUT2D eigenvalue weighted by Crippen LogP contribution is 2.30. The number of rotatable bonds is 4. The molecule has 0 fully saturated rings. The number of halogens is 1. The molecule has 1 heterocycles. The van der Waals surface area contributed by atoms with Gasteiger partial charge in [0.25, 0.3) is 0 Å². The summed E-state index contributed by atoms with van der Waals surface area (Å²) in [6.45, 7) is 0. The average molecular weight is 351 g/mol. The van der Waals surface area contributed by atoms with Gasteiger partial charge in [0.2, 0.25) is 0 Å². The maximum Gasteiger partial charge on any atom is 0.184 e. The lowest BCUT2D eigenvalue weighted by Crippen LogP contribution is -2.04. The van der Waals surface area contributed by atoms with Crippen LogP contribution in [0.15, 0.2) is 59.5 Å². The standard InChI is InChI=1S/C15H11ClN2O2S2/c16-13-9-5-4-8-12(13)15-18-17-14(21-15)10-22(19,20)11-6-2-1-3-7-11/h1-9H,10H2. The van der Waals surface area contributed by atoms with Crippen molar-refractivity contribution in [1.82, 2.24) is 10.2 Å². The predicted molar refractivity (Wildman–Crippen MR) is 87.7 cm³/mol. The van der Waals surface area contributed by atoms with Crippen molar-refractivity contribution in [3.05, 3.63) is 64.6 Å². The van der Waals surface area contributed by atoms with Gasteiger partial charge in [0.1, 0.15) is 15.8 Å². The second kappa shape index (κ2) is 6.16. The fraction of sp³-hybridized carbons (Fsp3) is 0.0667. The molecule has 1 aromatic heterocycles. The van der Waals surface area contributed by atoms with Crippen molar-refractivity contribution < 1.29 is 8.42 Å². The lowest BCUT2D eigenvalue weighted by molar-refractivity contribution is 0.595. The smallest absolute Gasteiger partial charge is 0.184 e. The minimum atomic E-state index is -3.42. The quantitative estimate of drug-likeness (QED) is 0.717. The monoisotopic (exact) mass is 350 g/mol. The highest BCUT2D eigenvalue weighted by atomic mass is 35.5. The van der Waals surface area contributed by atoms with Crippen LogP contribution in [0.2, 0.25) is 5.02 Å². The van der Waals surface area contributed by atoms with E-state index in [1.807, 2.05) is 18.2 Å². The third kappa shape index (κ3) is 3.19. The molecule has 3 rings (SSSR count). The molecule has 0 aliphatic rings. The molecule has 0 bridgehead atoms. The summed E-state index contributed by atoms with van der Waals surface area (Å²) in [5.74, 6) is -0.168. The van der Waals surface area contributed by atoms with E-state index >= 15 is 0 Å². The molecule has 3 aromatic rings. The summed E-state index contributed by atoms with van der Waals surface area (Å²) in [5, 5.41) is 9.64. The van der Waals surface area contributed by atoms with Crippen LogP contribution in [0.3, 0.4) is 0 Å². The van der Waals surface area contributed by atoms with E-state index < -0.39 is 9.84 Å². The van der Waals surface area contributed by atoms with Crippen LogP contribution in [0, 0.1) is 0 Å². The second-order valence-corrected chi connectivity index (χ2v) is 8.01. The number of hydrogen-bond donors (Lipinski definition) is 0. The molecule has 0 radical (unpaired) electrons. The van der Waals surface area contributed by atoms with Crippen molar-refractivity contribution in [2.45, 2.75) is 10.6 Å². The Morgan fingerprint density at radius 1 is 0.955 bits per heavy atom. The number of sulfone groups is 1. The van der Waals surface area contributed by atoms with E-state index in [9.17, 15) is 8.42 Å². The van der Waals surface area contributed by atoms with Gasteiger partial charge in [-0.25, -0.2) is 8.42 Å². The van der Waals surface area contributed by atoms with Gasteiger partial charge in [0.05, 0.1) is 9.92 Å². The molecular weight excluding hydrogens is 340 g/mol. The van der Waals surface area contributed by atoms with Gasteiger partial charge >= 0.3 is 0 Å². The van der Waals surface area contributed by atoms with E-state index in [1.54, 1.807) is 36.4 Å². The van der Waals surface area contributed by atoms with Gasteiger partial charge in [-0.3, -0.25) is 0 Å². The molecule has 0 aliphatic heterocycles. The zero-order chi connectivity index (χ0) is 15.6. The SMILES string of the molecule is O=S(=O)(Cc1nnc(-c2ccccc2Cl)s1)c1ccccc1. The molecule has 4 nitrogen and oxygen atoms in total. The first-order chi connectivity index (χ1) is 10.6. The van der Waals surface area contributed by atoms with Crippen molar-refractivity contribution in [2.75, 3.05) is 0 Å². The fourth-order valence-electron chi connectivity index (χ4n) is 1.93. The number of aromatic nitrogens is 2. The maximum atomic E-state index is 12.3. The van der Waals surface area contributed by atoms with Crippen LogP contribution in [0.4, 0.5) is 0 Å². The summed E-state index contributed by atoms with van der Waals surface area (Å²) in [7, 11) is -3.42. The molecule has 0 aliphatic carbocycles. The molecule has 0 spiro atoms. The van der Waals surface area contributed by atoms with Crippen LogP contribution in [-0.2, 0) is 15.6 Å². The zero-order valence-corrected chi connectivity index (χ0v) is 13.7. The molecule has 0 amide bonds. The molecule has 22 heavy (non-hydrogen) atoms. The zero-order valence-electron chi connectivity index (χ0n) is 11.3. The van der Waals surface area contributed by atoms with Gasteiger partial charge < -0.3 is 0 Å². The molecular formula is C15H11ClN2O2S2. The Morgan fingerprint density at radius 3 is 2.36 bits per heavy atom. The van der Waals surface area contributed by atoms with Gasteiger partial charge in [0, 0.05) is 5.56 Å². The van der Waals surface area contributed by atoms with Crippen LogP contribution in [0.1, 0.15) is 5.01 Å². The summed E-state index contributed by atoms with van der Waals surface area (Å²) < 4.78 is 24.7. The number of benzene rings is 2. The molecule has 0 unspecified atom stereocenters. The summed E-state index contributed by atoms with van der Waals surface area (Å²) in [6, 6.07) is 15.6. The first-order valence-corrected chi connectivity index (χ1v) is 9.26. The Hall–Kier alpha value is -1.76. The largest absolute Gasteiger partial charge is 0.223 e. The van der Waals surface area contributed by atoms with Gasteiger partial charge in [-0.2, -0.15) is 0 Å². The van der Waals surface area contributed by atoms with E-state index in [2.05, 4.69) is 10.2 Å². The first-order valence-electron chi connectivity index (χ1n) is 6.41. The Labute approximate surface area is 137 Å². The van der Waals surface area contributed by atoms with E-state index in [1.165, 1.54) is 11.3 Å². The first kappa shape index (κ1) is 15.1. The van der Waals surface area contributed by atoms with Crippen LogP contribution in [0.5, 0.6) is 0 Å². The molecule has 0 saturated carbocycles. The normalized spacial score (nSPS) is 11.5. The Morgan fingerprint density at radius 2 is 1.64 bits per heavy atom. The molecule has 0 atom stereocenters.